The first-order valence-corrected chi connectivity index (χ1v) is 7.16. The second kappa shape index (κ2) is 8.51. The van der Waals surface area contributed by atoms with Crippen molar-refractivity contribution in [1.82, 2.24) is 10.2 Å². The van der Waals surface area contributed by atoms with Gasteiger partial charge in [0, 0.05) is 19.5 Å². The van der Waals surface area contributed by atoms with Crippen LogP contribution in [0, 0.1) is 0 Å². The predicted octanol–water partition coefficient (Wildman–Crippen LogP) is 2.56. The van der Waals surface area contributed by atoms with Crippen molar-refractivity contribution in [3.63, 3.8) is 0 Å². The highest BCUT2D eigenvalue weighted by molar-refractivity contribution is 5.76. The van der Waals surface area contributed by atoms with E-state index in [-0.39, 0.29) is 0 Å². The molecule has 0 saturated heterocycles. The summed E-state index contributed by atoms with van der Waals surface area (Å²) in [4.78, 5) is 14.0. The molecule has 0 radical (unpaired) electrons. The standard InChI is InChI=1S/C14H28N2O/c1-15-12-8-7-11-14(17)16(2)13-9-5-3-4-6-10-13/h13,15H,3-12H2,1-2H3. The maximum atomic E-state index is 12.0. The molecule has 0 aromatic carbocycles. The Hall–Kier alpha value is -0.570. The summed E-state index contributed by atoms with van der Waals surface area (Å²) in [6.45, 7) is 1.01. The molecular formula is C14H28N2O. The molecule has 1 fully saturated rings. The summed E-state index contributed by atoms with van der Waals surface area (Å²) in [5, 5.41) is 3.12. The molecule has 1 aliphatic carbocycles. The van der Waals surface area contributed by atoms with E-state index >= 15 is 0 Å². The first-order valence-electron chi connectivity index (χ1n) is 7.16. The molecule has 100 valence electrons. The van der Waals surface area contributed by atoms with Crippen molar-refractivity contribution in [1.29, 1.82) is 0 Å². The van der Waals surface area contributed by atoms with E-state index in [1.807, 2.05) is 19.0 Å². The third-order valence-corrected chi connectivity index (χ3v) is 3.83. The number of unbranched alkanes of at least 4 members (excludes halogenated alkanes) is 1. The van der Waals surface area contributed by atoms with E-state index in [4.69, 9.17) is 0 Å². The van der Waals surface area contributed by atoms with Crippen LogP contribution in [0.4, 0.5) is 0 Å². The van der Waals surface area contributed by atoms with Crippen LogP contribution in [0.1, 0.15) is 57.8 Å². The molecule has 1 rings (SSSR count). The quantitative estimate of drug-likeness (QED) is 0.571. The monoisotopic (exact) mass is 240 g/mol. The third kappa shape index (κ3) is 5.53. The molecule has 0 atom stereocenters. The Morgan fingerprint density at radius 3 is 2.41 bits per heavy atom. The number of nitrogens with one attached hydrogen (secondary N) is 1. The van der Waals surface area contributed by atoms with Crippen LogP contribution in [0.5, 0.6) is 0 Å². The predicted molar refractivity (Wildman–Crippen MR) is 72.0 cm³/mol. The number of amides is 1. The van der Waals surface area contributed by atoms with Crippen LogP contribution in [-0.4, -0.2) is 37.5 Å². The first-order chi connectivity index (χ1) is 8.25. The second-order valence-electron chi connectivity index (χ2n) is 5.21. The molecule has 1 aliphatic rings. The van der Waals surface area contributed by atoms with Crippen molar-refractivity contribution < 1.29 is 4.79 Å². The van der Waals surface area contributed by atoms with Crippen LogP contribution in [0.3, 0.4) is 0 Å². The molecule has 0 heterocycles. The Bertz CT molecular complexity index is 210. The van der Waals surface area contributed by atoms with Gasteiger partial charge >= 0.3 is 0 Å². The van der Waals surface area contributed by atoms with Crippen LogP contribution >= 0.6 is 0 Å². The van der Waals surface area contributed by atoms with Gasteiger partial charge in [0.25, 0.3) is 0 Å². The third-order valence-electron chi connectivity index (χ3n) is 3.83. The summed E-state index contributed by atoms with van der Waals surface area (Å²) in [6.07, 6.45) is 10.5. The van der Waals surface area contributed by atoms with Gasteiger partial charge in [-0.1, -0.05) is 25.7 Å². The van der Waals surface area contributed by atoms with Crippen molar-refractivity contribution >= 4 is 5.91 Å². The molecule has 0 aliphatic heterocycles. The molecule has 3 nitrogen and oxygen atoms in total. The topological polar surface area (TPSA) is 32.3 Å². The fraction of sp³-hybridized carbons (Fsp3) is 0.929. The number of carbonyl (C=O) groups excluding carboxylic acids is 1. The number of nitrogens with zero attached hydrogens (tertiary/aromatic N) is 1. The highest BCUT2D eigenvalue weighted by Crippen LogP contribution is 2.21. The Morgan fingerprint density at radius 2 is 1.82 bits per heavy atom. The van der Waals surface area contributed by atoms with Gasteiger partial charge in [-0.2, -0.15) is 0 Å². The number of rotatable bonds is 6. The average Bonchev–Trinajstić information content (AvgIpc) is 2.62. The normalized spacial score (nSPS) is 17.8. The first kappa shape index (κ1) is 14.5. The second-order valence-corrected chi connectivity index (χ2v) is 5.21. The van der Waals surface area contributed by atoms with Crippen LogP contribution in [0.15, 0.2) is 0 Å². The maximum Gasteiger partial charge on any atom is 0.222 e. The van der Waals surface area contributed by atoms with E-state index < -0.39 is 0 Å². The van der Waals surface area contributed by atoms with Crippen molar-refractivity contribution in [3.8, 4) is 0 Å². The van der Waals surface area contributed by atoms with E-state index in [1.54, 1.807) is 0 Å². The molecule has 1 amide bonds. The molecule has 3 heteroatoms. The SMILES string of the molecule is CNCCCCC(=O)N(C)C1CCCCCC1. The van der Waals surface area contributed by atoms with Gasteiger partial charge in [-0.05, 0) is 39.3 Å². The summed E-state index contributed by atoms with van der Waals surface area (Å²) in [7, 11) is 3.95. The zero-order valence-electron chi connectivity index (χ0n) is 11.5. The van der Waals surface area contributed by atoms with Gasteiger partial charge < -0.3 is 10.2 Å². The Balaban J connectivity index is 2.24. The van der Waals surface area contributed by atoms with Crippen molar-refractivity contribution in [2.45, 2.75) is 63.8 Å². The highest BCUT2D eigenvalue weighted by Gasteiger charge is 2.20. The van der Waals surface area contributed by atoms with Crippen LogP contribution < -0.4 is 5.32 Å². The summed E-state index contributed by atoms with van der Waals surface area (Å²) < 4.78 is 0. The smallest absolute Gasteiger partial charge is 0.222 e. The van der Waals surface area contributed by atoms with E-state index in [1.165, 1.54) is 38.5 Å². The molecular weight excluding hydrogens is 212 g/mol. The number of carbonyl (C=O) groups is 1. The van der Waals surface area contributed by atoms with Gasteiger partial charge in [-0.3, -0.25) is 4.79 Å². The molecule has 0 spiro atoms. The molecule has 17 heavy (non-hydrogen) atoms. The Labute approximate surface area is 106 Å². The van der Waals surface area contributed by atoms with Crippen molar-refractivity contribution in [2.75, 3.05) is 20.6 Å². The van der Waals surface area contributed by atoms with Gasteiger partial charge in [0.15, 0.2) is 0 Å². The van der Waals surface area contributed by atoms with E-state index in [9.17, 15) is 4.79 Å². The van der Waals surface area contributed by atoms with Crippen molar-refractivity contribution in [3.05, 3.63) is 0 Å². The van der Waals surface area contributed by atoms with Crippen LogP contribution in [0.25, 0.3) is 0 Å². The molecule has 1 N–H and O–H groups in total. The lowest BCUT2D eigenvalue weighted by molar-refractivity contribution is -0.132. The van der Waals surface area contributed by atoms with Gasteiger partial charge in [0.1, 0.15) is 0 Å². The largest absolute Gasteiger partial charge is 0.343 e. The van der Waals surface area contributed by atoms with Crippen molar-refractivity contribution in [2.24, 2.45) is 0 Å². The van der Waals surface area contributed by atoms with Crippen LogP contribution in [0.2, 0.25) is 0 Å². The molecule has 0 bridgehead atoms. The maximum absolute atomic E-state index is 12.0. The number of hydrogen-bond acceptors (Lipinski definition) is 2. The summed E-state index contributed by atoms with van der Waals surface area (Å²) in [5.41, 5.74) is 0. The van der Waals surface area contributed by atoms with Crippen LogP contribution in [-0.2, 0) is 4.79 Å². The zero-order chi connectivity index (χ0) is 12.5. The zero-order valence-corrected chi connectivity index (χ0v) is 11.5. The highest BCUT2D eigenvalue weighted by atomic mass is 16.2. The summed E-state index contributed by atoms with van der Waals surface area (Å²) in [6, 6.07) is 0.509. The van der Waals surface area contributed by atoms with E-state index in [0.717, 1.165) is 19.4 Å². The minimum absolute atomic E-state index is 0.341. The fourth-order valence-corrected chi connectivity index (χ4v) is 2.60. The number of hydrogen-bond donors (Lipinski definition) is 1. The van der Waals surface area contributed by atoms with E-state index in [2.05, 4.69) is 5.32 Å². The minimum Gasteiger partial charge on any atom is -0.343 e. The van der Waals surface area contributed by atoms with Gasteiger partial charge in [0.2, 0.25) is 5.91 Å². The summed E-state index contributed by atoms with van der Waals surface area (Å²) in [5.74, 6) is 0.341. The average molecular weight is 240 g/mol. The fourth-order valence-electron chi connectivity index (χ4n) is 2.60. The molecule has 0 aromatic rings. The minimum atomic E-state index is 0.341. The van der Waals surface area contributed by atoms with Gasteiger partial charge in [-0.15, -0.1) is 0 Å². The Morgan fingerprint density at radius 1 is 1.18 bits per heavy atom. The van der Waals surface area contributed by atoms with E-state index in [0.29, 0.717) is 18.4 Å². The molecule has 0 aromatic heterocycles. The Kier molecular flexibility index (Phi) is 7.25. The lowest BCUT2D eigenvalue weighted by Gasteiger charge is -2.27. The van der Waals surface area contributed by atoms with Gasteiger partial charge in [0.05, 0.1) is 0 Å². The lowest BCUT2D eigenvalue weighted by atomic mass is 10.1. The lowest BCUT2D eigenvalue weighted by Crippen LogP contribution is -2.36. The molecule has 1 saturated carbocycles. The molecule has 0 unspecified atom stereocenters. The summed E-state index contributed by atoms with van der Waals surface area (Å²) >= 11 is 0. The van der Waals surface area contributed by atoms with Gasteiger partial charge in [-0.25, -0.2) is 0 Å².